The van der Waals surface area contributed by atoms with Crippen LogP contribution in [0.1, 0.15) is 25.0 Å². The molecular weight excluding hydrogens is 619 g/mol. The zero-order chi connectivity index (χ0) is 33.8. The second-order valence-corrected chi connectivity index (χ2v) is 14.5. The molecule has 51 heavy (non-hydrogen) atoms. The maximum Gasteiger partial charge on any atom is 0.136 e. The van der Waals surface area contributed by atoms with Crippen molar-refractivity contribution in [2.75, 3.05) is 4.90 Å². The SMILES string of the molecule is CC1(C)c2ccccc2-c2ccc(N(c3ccc4ccccc4c3)c3ccc4c5ccccc5c5c(ccc6oc7ccccc7c65)c4c3)cc21. The average molecular weight is 652 g/mol. The van der Waals surface area contributed by atoms with Crippen molar-refractivity contribution in [2.24, 2.45) is 0 Å². The van der Waals surface area contributed by atoms with Gasteiger partial charge in [0.05, 0.1) is 0 Å². The van der Waals surface area contributed by atoms with E-state index in [1.165, 1.54) is 70.7 Å². The topological polar surface area (TPSA) is 16.4 Å². The van der Waals surface area contributed by atoms with Crippen LogP contribution >= 0.6 is 0 Å². The number of hydrogen-bond acceptors (Lipinski definition) is 2. The maximum atomic E-state index is 6.40. The fourth-order valence-corrected chi connectivity index (χ4v) is 8.98. The minimum Gasteiger partial charge on any atom is -0.456 e. The van der Waals surface area contributed by atoms with Gasteiger partial charge in [0.2, 0.25) is 0 Å². The maximum absolute atomic E-state index is 6.40. The van der Waals surface area contributed by atoms with Gasteiger partial charge in [-0.15, -0.1) is 0 Å². The molecular formula is C49H33NO. The first-order chi connectivity index (χ1) is 25.0. The molecule has 0 atom stereocenters. The van der Waals surface area contributed by atoms with E-state index in [0.29, 0.717) is 0 Å². The molecule has 0 spiro atoms. The van der Waals surface area contributed by atoms with Crippen LogP contribution in [-0.4, -0.2) is 0 Å². The summed E-state index contributed by atoms with van der Waals surface area (Å²) in [5.41, 5.74) is 10.6. The lowest BCUT2D eigenvalue weighted by atomic mass is 9.82. The van der Waals surface area contributed by atoms with Gasteiger partial charge in [-0.1, -0.05) is 123 Å². The lowest BCUT2D eigenvalue weighted by molar-refractivity contribution is 0.660. The van der Waals surface area contributed by atoms with Crippen molar-refractivity contribution in [1.29, 1.82) is 0 Å². The standard InChI is InChI=1S/C49H33NO/c1-49(2)43-17-9-7-14-37(43)38-24-22-34(29-44(38)49)50(32-20-19-30-11-3-4-12-31(30)27-32)33-21-23-36-35-13-5-6-15-39(35)47-40(42(36)28-33)25-26-46-48(47)41-16-8-10-18-45(41)51-46/h3-29H,1-2H3. The molecule has 2 nitrogen and oxygen atoms in total. The highest BCUT2D eigenvalue weighted by Crippen LogP contribution is 2.51. The molecule has 11 rings (SSSR count). The van der Waals surface area contributed by atoms with Gasteiger partial charge in [0.15, 0.2) is 0 Å². The molecule has 1 heterocycles. The fraction of sp³-hybridized carbons (Fsp3) is 0.0612. The number of anilines is 3. The number of hydrogen-bond donors (Lipinski definition) is 0. The van der Waals surface area contributed by atoms with Gasteiger partial charge in [0.1, 0.15) is 11.2 Å². The van der Waals surface area contributed by atoms with Crippen molar-refractivity contribution in [1.82, 2.24) is 0 Å². The van der Waals surface area contributed by atoms with E-state index in [2.05, 4.69) is 176 Å². The Morgan fingerprint density at radius 2 is 1.00 bits per heavy atom. The van der Waals surface area contributed by atoms with Crippen LogP contribution in [0.2, 0.25) is 0 Å². The Bertz CT molecular complexity index is 3070. The van der Waals surface area contributed by atoms with E-state index >= 15 is 0 Å². The molecule has 0 unspecified atom stereocenters. The highest BCUT2D eigenvalue weighted by atomic mass is 16.3. The Balaban J connectivity index is 1.21. The minimum absolute atomic E-state index is 0.103. The van der Waals surface area contributed by atoms with Crippen molar-refractivity contribution in [3.05, 3.63) is 175 Å². The molecule has 0 aliphatic heterocycles. The van der Waals surface area contributed by atoms with Gasteiger partial charge in [0.25, 0.3) is 0 Å². The smallest absolute Gasteiger partial charge is 0.136 e. The van der Waals surface area contributed by atoms with Gasteiger partial charge >= 0.3 is 0 Å². The number of furan rings is 1. The van der Waals surface area contributed by atoms with Gasteiger partial charge in [-0.05, 0) is 115 Å². The monoisotopic (exact) mass is 651 g/mol. The predicted molar refractivity (Wildman–Crippen MR) is 216 cm³/mol. The van der Waals surface area contributed by atoms with E-state index in [-0.39, 0.29) is 5.41 Å². The molecule has 9 aromatic carbocycles. The van der Waals surface area contributed by atoms with Gasteiger partial charge in [-0.25, -0.2) is 0 Å². The molecule has 1 aliphatic carbocycles. The normalized spacial score (nSPS) is 13.5. The summed E-state index contributed by atoms with van der Waals surface area (Å²) in [4.78, 5) is 2.44. The van der Waals surface area contributed by atoms with Crippen LogP contribution in [0.3, 0.4) is 0 Å². The molecule has 0 saturated heterocycles. The van der Waals surface area contributed by atoms with Gasteiger partial charge < -0.3 is 9.32 Å². The number of benzene rings is 9. The van der Waals surface area contributed by atoms with E-state index in [4.69, 9.17) is 4.42 Å². The molecule has 1 aliphatic rings. The first-order valence-corrected chi connectivity index (χ1v) is 17.8. The highest BCUT2D eigenvalue weighted by molar-refractivity contribution is 6.34. The zero-order valence-corrected chi connectivity index (χ0v) is 28.4. The first-order valence-electron chi connectivity index (χ1n) is 17.8. The van der Waals surface area contributed by atoms with Gasteiger partial charge in [-0.2, -0.15) is 0 Å². The van der Waals surface area contributed by atoms with Gasteiger partial charge in [-0.3, -0.25) is 0 Å². The summed E-state index contributed by atoms with van der Waals surface area (Å²) in [5, 5.41) is 12.2. The Labute approximate surface area is 295 Å². The summed E-state index contributed by atoms with van der Waals surface area (Å²) < 4.78 is 6.40. The molecule has 2 heteroatoms. The Morgan fingerprint density at radius 1 is 0.392 bits per heavy atom. The van der Waals surface area contributed by atoms with Crippen molar-refractivity contribution >= 4 is 82.1 Å². The molecule has 1 aromatic heterocycles. The molecule has 0 radical (unpaired) electrons. The first kappa shape index (κ1) is 28.5. The summed E-state index contributed by atoms with van der Waals surface area (Å²) in [7, 11) is 0. The van der Waals surface area contributed by atoms with Crippen molar-refractivity contribution in [3.8, 4) is 11.1 Å². The van der Waals surface area contributed by atoms with Gasteiger partial charge in [0, 0.05) is 38.6 Å². The number of fused-ring (bicyclic) bond motifs is 14. The van der Waals surface area contributed by atoms with Crippen LogP contribution in [0.15, 0.2) is 168 Å². The highest BCUT2D eigenvalue weighted by Gasteiger charge is 2.35. The number of para-hydroxylation sites is 1. The molecule has 0 fully saturated rings. The Morgan fingerprint density at radius 3 is 1.90 bits per heavy atom. The van der Waals surface area contributed by atoms with Crippen LogP contribution in [-0.2, 0) is 5.41 Å². The van der Waals surface area contributed by atoms with Crippen LogP contribution in [0.25, 0.3) is 76.2 Å². The van der Waals surface area contributed by atoms with Crippen LogP contribution < -0.4 is 4.90 Å². The summed E-state index contributed by atoms with van der Waals surface area (Å²) in [6.45, 7) is 4.71. The van der Waals surface area contributed by atoms with Crippen molar-refractivity contribution < 1.29 is 4.42 Å². The van der Waals surface area contributed by atoms with Crippen LogP contribution in [0.5, 0.6) is 0 Å². The van der Waals surface area contributed by atoms with Crippen LogP contribution in [0.4, 0.5) is 17.1 Å². The second-order valence-electron chi connectivity index (χ2n) is 14.5. The lowest BCUT2D eigenvalue weighted by Gasteiger charge is -2.29. The second kappa shape index (κ2) is 10.3. The summed E-state index contributed by atoms with van der Waals surface area (Å²) >= 11 is 0. The fourth-order valence-electron chi connectivity index (χ4n) is 8.98. The van der Waals surface area contributed by atoms with E-state index in [1.807, 2.05) is 6.07 Å². The molecule has 240 valence electrons. The van der Waals surface area contributed by atoms with Crippen molar-refractivity contribution in [2.45, 2.75) is 19.3 Å². The average Bonchev–Trinajstić information content (AvgIpc) is 3.67. The molecule has 0 amide bonds. The third-order valence-electron chi connectivity index (χ3n) is 11.4. The third-order valence-corrected chi connectivity index (χ3v) is 11.4. The zero-order valence-electron chi connectivity index (χ0n) is 28.4. The lowest BCUT2D eigenvalue weighted by Crippen LogP contribution is -2.16. The number of rotatable bonds is 3. The summed E-state index contributed by atoms with van der Waals surface area (Å²) in [6, 6.07) is 60.1. The Hall–Kier alpha value is -6.38. The van der Waals surface area contributed by atoms with Crippen LogP contribution in [0, 0.1) is 0 Å². The predicted octanol–water partition coefficient (Wildman–Crippen LogP) is 14.0. The van der Waals surface area contributed by atoms with E-state index < -0.39 is 0 Å². The summed E-state index contributed by atoms with van der Waals surface area (Å²) in [5.74, 6) is 0. The molecule has 0 N–H and O–H groups in total. The third kappa shape index (κ3) is 3.99. The van der Waals surface area contributed by atoms with E-state index in [1.54, 1.807) is 0 Å². The number of nitrogens with zero attached hydrogens (tertiary/aromatic N) is 1. The molecule has 0 bridgehead atoms. The van der Waals surface area contributed by atoms with E-state index in [9.17, 15) is 0 Å². The summed E-state index contributed by atoms with van der Waals surface area (Å²) in [6.07, 6.45) is 0. The quantitative estimate of drug-likeness (QED) is 0.177. The minimum atomic E-state index is -0.103. The molecule has 10 aromatic rings. The molecule has 0 saturated carbocycles. The van der Waals surface area contributed by atoms with E-state index in [0.717, 1.165) is 33.6 Å². The largest absolute Gasteiger partial charge is 0.456 e. The van der Waals surface area contributed by atoms with Crippen molar-refractivity contribution in [3.63, 3.8) is 0 Å². The Kier molecular flexibility index (Phi) is 5.76.